The molecule has 0 bridgehead atoms. The molecule has 4 nitrogen and oxygen atoms in total. The fourth-order valence-electron chi connectivity index (χ4n) is 1.78. The number of ether oxygens (including phenoxy) is 2. The maximum absolute atomic E-state index is 9.78. The average Bonchev–Trinajstić information content (AvgIpc) is 2.35. The molecule has 90 valence electrons. The van der Waals surface area contributed by atoms with E-state index in [0.717, 1.165) is 17.7 Å². The van der Waals surface area contributed by atoms with Crippen LogP contribution in [0.1, 0.15) is 24.2 Å². The molecule has 0 saturated heterocycles. The second kappa shape index (κ2) is 5.72. The van der Waals surface area contributed by atoms with Gasteiger partial charge in [-0.05, 0) is 18.6 Å². The summed E-state index contributed by atoms with van der Waals surface area (Å²) in [5.74, 6) is 1.44. The smallest absolute Gasteiger partial charge is 0.131 e. The Kier molecular flexibility index (Phi) is 4.58. The molecular formula is C12H19NO3. The lowest BCUT2D eigenvalue weighted by Gasteiger charge is -2.18. The first-order chi connectivity index (χ1) is 7.69. The minimum atomic E-state index is -0.703. The Morgan fingerprint density at radius 1 is 1.31 bits per heavy atom. The van der Waals surface area contributed by atoms with E-state index in [1.165, 1.54) is 0 Å². The van der Waals surface area contributed by atoms with Gasteiger partial charge in [-0.3, -0.25) is 0 Å². The SMILES string of the molecule is CCc1c(OC)ccc(C(O)CN)c1OC. The lowest BCUT2D eigenvalue weighted by Crippen LogP contribution is -2.13. The van der Waals surface area contributed by atoms with Gasteiger partial charge >= 0.3 is 0 Å². The van der Waals surface area contributed by atoms with Gasteiger partial charge in [-0.15, -0.1) is 0 Å². The molecule has 0 amide bonds. The van der Waals surface area contributed by atoms with Crippen LogP contribution >= 0.6 is 0 Å². The quantitative estimate of drug-likeness (QED) is 0.791. The predicted molar refractivity (Wildman–Crippen MR) is 62.9 cm³/mol. The number of hydrogen-bond acceptors (Lipinski definition) is 4. The summed E-state index contributed by atoms with van der Waals surface area (Å²) < 4.78 is 10.6. The van der Waals surface area contributed by atoms with Crippen LogP contribution in [0.5, 0.6) is 11.5 Å². The fourth-order valence-corrected chi connectivity index (χ4v) is 1.78. The lowest BCUT2D eigenvalue weighted by atomic mass is 10.0. The molecule has 0 fully saturated rings. The summed E-state index contributed by atoms with van der Waals surface area (Å²) >= 11 is 0. The third kappa shape index (κ3) is 2.28. The Balaban J connectivity index is 3.31. The third-order valence-electron chi connectivity index (χ3n) is 2.61. The average molecular weight is 225 g/mol. The molecule has 1 aromatic carbocycles. The fraction of sp³-hybridized carbons (Fsp3) is 0.500. The molecule has 0 saturated carbocycles. The zero-order chi connectivity index (χ0) is 12.1. The molecule has 0 aliphatic carbocycles. The molecule has 3 N–H and O–H groups in total. The number of hydrogen-bond donors (Lipinski definition) is 2. The highest BCUT2D eigenvalue weighted by Crippen LogP contribution is 2.35. The van der Waals surface area contributed by atoms with Crippen molar-refractivity contribution in [3.63, 3.8) is 0 Å². The van der Waals surface area contributed by atoms with Crippen LogP contribution in [0.3, 0.4) is 0 Å². The number of aliphatic hydroxyl groups is 1. The van der Waals surface area contributed by atoms with Crippen LogP contribution in [-0.4, -0.2) is 25.9 Å². The minimum absolute atomic E-state index is 0.172. The molecule has 0 spiro atoms. The van der Waals surface area contributed by atoms with Gasteiger partial charge < -0.3 is 20.3 Å². The first kappa shape index (κ1) is 12.8. The van der Waals surface area contributed by atoms with E-state index in [9.17, 15) is 5.11 Å². The normalized spacial score (nSPS) is 12.3. The van der Waals surface area contributed by atoms with Crippen molar-refractivity contribution >= 4 is 0 Å². The maximum atomic E-state index is 9.78. The van der Waals surface area contributed by atoms with Gasteiger partial charge in [0, 0.05) is 17.7 Å². The standard InChI is InChI=1S/C12H19NO3/c1-4-8-11(15-2)6-5-9(10(14)7-13)12(8)16-3/h5-6,10,14H,4,7,13H2,1-3H3. The molecule has 0 aromatic heterocycles. The first-order valence-electron chi connectivity index (χ1n) is 5.31. The first-order valence-corrected chi connectivity index (χ1v) is 5.31. The van der Waals surface area contributed by atoms with Crippen molar-refractivity contribution in [2.24, 2.45) is 5.73 Å². The summed E-state index contributed by atoms with van der Waals surface area (Å²) in [4.78, 5) is 0. The van der Waals surface area contributed by atoms with Crippen LogP contribution in [0.4, 0.5) is 0 Å². The van der Waals surface area contributed by atoms with Crippen molar-refractivity contribution in [1.82, 2.24) is 0 Å². The maximum Gasteiger partial charge on any atom is 0.131 e. The molecule has 1 atom stereocenters. The van der Waals surface area contributed by atoms with Gasteiger partial charge in [0.15, 0.2) is 0 Å². The Morgan fingerprint density at radius 3 is 2.44 bits per heavy atom. The topological polar surface area (TPSA) is 64.7 Å². The minimum Gasteiger partial charge on any atom is -0.496 e. The predicted octanol–water partition coefficient (Wildman–Crippen LogP) is 1.26. The molecule has 4 heteroatoms. The molecule has 1 unspecified atom stereocenters. The van der Waals surface area contributed by atoms with Crippen molar-refractivity contribution in [3.05, 3.63) is 23.3 Å². The highest BCUT2D eigenvalue weighted by atomic mass is 16.5. The van der Waals surface area contributed by atoms with Crippen LogP contribution in [-0.2, 0) is 6.42 Å². The van der Waals surface area contributed by atoms with Gasteiger partial charge in [-0.1, -0.05) is 6.92 Å². The largest absolute Gasteiger partial charge is 0.496 e. The molecule has 1 rings (SSSR count). The van der Waals surface area contributed by atoms with Gasteiger partial charge in [0.1, 0.15) is 11.5 Å². The van der Waals surface area contributed by atoms with Crippen molar-refractivity contribution in [2.75, 3.05) is 20.8 Å². The van der Waals surface area contributed by atoms with E-state index in [2.05, 4.69) is 0 Å². The summed E-state index contributed by atoms with van der Waals surface area (Å²) in [5.41, 5.74) is 7.12. The van der Waals surface area contributed by atoms with Crippen LogP contribution in [0.25, 0.3) is 0 Å². The summed E-state index contributed by atoms with van der Waals surface area (Å²) in [6, 6.07) is 3.62. The number of nitrogens with two attached hydrogens (primary N) is 1. The third-order valence-corrected chi connectivity index (χ3v) is 2.61. The highest BCUT2D eigenvalue weighted by Gasteiger charge is 2.17. The molecule has 0 heterocycles. The second-order valence-electron chi connectivity index (χ2n) is 3.47. The van der Waals surface area contributed by atoms with Crippen LogP contribution in [0, 0.1) is 0 Å². The summed E-state index contributed by atoms with van der Waals surface area (Å²) in [5, 5.41) is 9.78. The second-order valence-corrected chi connectivity index (χ2v) is 3.47. The Labute approximate surface area is 96.0 Å². The summed E-state index contributed by atoms with van der Waals surface area (Å²) in [7, 11) is 3.20. The van der Waals surface area contributed by atoms with Gasteiger partial charge in [-0.25, -0.2) is 0 Å². The zero-order valence-corrected chi connectivity index (χ0v) is 9.99. The van der Waals surface area contributed by atoms with Crippen molar-refractivity contribution in [2.45, 2.75) is 19.4 Å². The van der Waals surface area contributed by atoms with E-state index in [1.54, 1.807) is 20.3 Å². The highest BCUT2D eigenvalue weighted by molar-refractivity contribution is 5.51. The number of methoxy groups -OCH3 is 2. The monoisotopic (exact) mass is 225 g/mol. The van der Waals surface area contributed by atoms with E-state index in [4.69, 9.17) is 15.2 Å². The van der Waals surface area contributed by atoms with E-state index in [1.807, 2.05) is 13.0 Å². The van der Waals surface area contributed by atoms with Gasteiger partial charge in [0.05, 0.1) is 20.3 Å². The number of rotatable bonds is 5. The summed E-state index contributed by atoms with van der Waals surface area (Å²) in [6.45, 7) is 2.19. The van der Waals surface area contributed by atoms with Crippen LogP contribution in [0.15, 0.2) is 12.1 Å². The number of aliphatic hydroxyl groups excluding tert-OH is 1. The molecule has 16 heavy (non-hydrogen) atoms. The van der Waals surface area contributed by atoms with Gasteiger partial charge in [0.25, 0.3) is 0 Å². The molecule has 0 radical (unpaired) electrons. The van der Waals surface area contributed by atoms with Crippen molar-refractivity contribution in [1.29, 1.82) is 0 Å². The van der Waals surface area contributed by atoms with Gasteiger partial charge in [-0.2, -0.15) is 0 Å². The van der Waals surface area contributed by atoms with Crippen LogP contribution in [0.2, 0.25) is 0 Å². The summed E-state index contributed by atoms with van der Waals surface area (Å²) in [6.07, 6.45) is 0.0726. The molecular weight excluding hydrogens is 206 g/mol. The number of benzene rings is 1. The van der Waals surface area contributed by atoms with E-state index in [0.29, 0.717) is 11.3 Å². The lowest BCUT2D eigenvalue weighted by molar-refractivity contribution is 0.181. The van der Waals surface area contributed by atoms with E-state index < -0.39 is 6.10 Å². The molecule has 1 aromatic rings. The van der Waals surface area contributed by atoms with E-state index >= 15 is 0 Å². The van der Waals surface area contributed by atoms with Crippen LogP contribution < -0.4 is 15.2 Å². The Morgan fingerprint density at radius 2 is 2.00 bits per heavy atom. The molecule has 0 aliphatic rings. The van der Waals surface area contributed by atoms with Crippen molar-refractivity contribution < 1.29 is 14.6 Å². The Bertz CT molecular complexity index is 352. The van der Waals surface area contributed by atoms with E-state index in [-0.39, 0.29) is 6.54 Å². The molecule has 0 aliphatic heterocycles. The zero-order valence-electron chi connectivity index (χ0n) is 9.99. The van der Waals surface area contributed by atoms with Crippen molar-refractivity contribution in [3.8, 4) is 11.5 Å². The van der Waals surface area contributed by atoms with Gasteiger partial charge in [0.2, 0.25) is 0 Å². The Hall–Kier alpha value is -1.26.